The second kappa shape index (κ2) is 7.77. The zero-order valence-corrected chi connectivity index (χ0v) is 15.8. The molecule has 0 unspecified atom stereocenters. The monoisotopic (exact) mass is 450 g/mol. The molecule has 0 aliphatic rings. The fraction of sp³-hybridized carbons (Fsp3) is 0.111. The van der Waals surface area contributed by atoms with Crippen molar-refractivity contribution in [2.45, 2.75) is 6.92 Å². The number of hydrogen-bond donors (Lipinski definition) is 0. The third-order valence-electron chi connectivity index (χ3n) is 3.60. The standard InChI is InChI=1S/C18H12Br2O4/c1-10(15(21)11-6-2-4-8-13(11)17(19)23)16(22)12-7-3-5-9-14(12)18(20)24/h2-10H,1H3. The molecule has 0 fully saturated rings. The second-order valence-electron chi connectivity index (χ2n) is 5.09. The lowest BCUT2D eigenvalue weighted by Crippen LogP contribution is -2.24. The molecule has 0 bridgehead atoms. The molecular weight excluding hydrogens is 440 g/mol. The van der Waals surface area contributed by atoms with E-state index in [1.54, 1.807) is 24.3 Å². The van der Waals surface area contributed by atoms with Gasteiger partial charge in [-0.3, -0.25) is 19.2 Å². The quantitative estimate of drug-likeness (QED) is 0.369. The van der Waals surface area contributed by atoms with Crippen LogP contribution in [0.5, 0.6) is 0 Å². The van der Waals surface area contributed by atoms with E-state index in [2.05, 4.69) is 31.9 Å². The van der Waals surface area contributed by atoms with Crippen molar-refractivity contribution in [2.75, 3.05) is 0 Å². The van der Waals surface area contributed by atoms with Gasteiger partial charge in [-0.15, -0.1) is 0 Å². The molecule has 2 aromatic rings. The SMILES string of the molecule is CC(C(=O)c1ccccc1C(=O)Br)C(=O)c1ccccc1C(=O)Br. The first kappa shape index (κ1) is 18.4. The smallest absolute Gasteiger partial charge is 0.228 e. The van der Waals surface area contributed by atoms with E-state index in [0.717, 1.165) is 0 Å². The molecule has 0 aliphatic heterocycles. The van der Waals surface area contributed by atoms with E-state index in [4.69, 9.17) is 0 Å². The number of benzene rings is 2. The second-order valence-corrected chi connectivity index (χ2v) is 6.53. The lowest BCUT2D eigenvalue weighted by Gasteiger charge is -2.13. The van der Waals surface area contributed by atoms with Gasteiger partial charge in [0.25, 0.3) is 0 Å². The highest BCUT2D eigenvalue weighted by Crippen LogP contribution is 2.22. The maximum atomic E-state index is 12.7. The maximum absolute atomic E-state index is 12.7. The third kappa shape index (κ3) is 3.76. The van der Waals surface area contributed by atoms with Crippen LogP contribution in [0.3, 0.4) is 0 Å². The van der Waals surface area contributed by atoms with E-state index < -0.39 is 26.9 Å². The molecule has 0 heterocycles. The highest BCUT2D eigenvalue weighted by atomic mass is 79.9. The molecular formula is C18H12Br2O4. The summed E-state index contributed by atoms with van der Waals surface area (Å²) in [5.74, 6) is -1.97. The number of carbonyl (C=O) groups is 4. The van der Waals surface area contributed by atoms with E-state index in [1.165, 1.54) is 31.2 Å². The van der Waals surface area contributed by atoms with E-state index in [-0.39, 0.29) is 22.3 Å². The van der Waals surface area contributed by atoms with Crippen LogP contribution >= 0.6 is 31.9 Å². The maximum Gasteiger partial charge on any atom is 0.228 e. The van der Waals surface area contributed by atoms with Crippen molar-refractivity contribution in [3.8, 4) is 0 Å². The fourth-order valence-corrected chi connectivity index (χ4v) is 3.02. The Hall–Kier alpha value is -1.92. The number of ketones is 2. The first-order chi connectivity index (χ1) is 11.3. The first-order valence-corrected chi connectivity index (χ1v) is 8.59. The average molecular weight is 452 g/mol. The number of Topliss-reactive ketones (excluding diaryl/α,β-unsaturated/α-hetero) is 2. The average Bonchev–Trinajstić information content (AvgIpc) is 2.59. The van der Waals surface area contributed by atoms with Crippen LogP contribution in [0.2, 0.25) is 0 Å². The van der Waals surface area contributed by atoms with Crippen LogP contribution < -0.4 is 0 Å². The van der Waals surface area contributed by atoms with Crippen LogP contribution in [0, 0.1) is 5.92 Å². The number of halogens is 2. The van der Waals surface area contributed by atoms with Crippen molar-refractivity contribution >= 4 is 52.8 Å². The normalized spacial score (nSPS) is 10.5. The van der Waals surface area contributed by atoms with Crippen molar-refractivity contribution in [1.82, 2.24) is 0 Å². The summed E-state index contributed by atoms with van der Waals surface area (Å²) in [4.78, 5) is 48.6. The first-order valence-electron chi connectivity index (χ1n) is 7.00. The van der Waals surface area contributed by atoms with Gasteiger partial charge in [0.05, 0.1) is 5.92 Å². The summed E-state index contributed by atoms with van der Waals surface area (Å²) < 4.78 is -0.857. The third-order valence-corrected chi connectivity index (χ3v) is 4.45. The van der Waals surface area contributed by atoms with Crippen molar-refractivity contribution in [3.05, 3.63) is 70.8 Å². The Bertz CT molecular complexity index is 773. The minimum atomic E-state index is -1.02. The summed E-state index contributed by atoms with van der Waals surface area (Å²) in [6.07, 6.45) is 0. The van der Waals surface area contributed by atoms with Crippen LogP contribution in [0.4, 0.5) is 0 Å². The van der Waals surface area contributed by atoms with E-state index in [0.29, 0.717) is 0 Å². The molecule has 0 amide bonds. The molecule has 122 valence electrons. The van der Waals surface area contributed by atoms with Gasteiger partial charge in [0.15, 0.2) is 11.6 Å². The van der Waals surface area contributed by atoms with E-state index in [9.17, 15) is 19.2 Å². The minimum absolute atomic E-state index is 0.169. The predicted octanol–water partition coefficient (Wildman–Crippen LogP) is 4.46. The Kier molecular flexibility index (Phi) is 5.96. The molecule has 4 nitrogen and oxygen atoms in total. The Labute approximate surface area is 155 Å². The molecule has 0 aromatic heterocycles. The van der Waals surface area contributed by atoms with Crippen molar-refractivity contribution in [3.63, 3.8) is 0 Å². The largest absolute Gasteiger partial charge is 0.293 e. The van der Waals surface area contributed by atoms with Crippen molar-refractivity contribution < 1.29 is 19.2 Å². The molecule has 0 N–H and O–H groups in total. The highest BCUT2D eigenvalue weighted by molar-refractivity contribution is 9.18. The Morgan fingerprint density at radius 1 is 0.667 bits per heavy atom. The van der Waals surface area contributed by atoms with Crippen LogP contribution in [0.15, 0.2) is 48.5 Å². The predicted molar refractivity (Wildman–Crippen MR) is 97.2 cm³/mol. The van der Waals surface area contributed by atoms with Crippen molar-refractivity contribution in [2.24, 2.45) is 5.92 Å². The van der Waals surface area contributed by atoms with Gasteiger partial charge in [0.1, 0.15) is 0 Å². The summed E-state index contributed by atoms with van der Waals surface area (Å²) in [7, 11) is 0. The Morgan fingerprint density at radius 2 is 0.958 bits per heavy atom. The lowest BCUT2D eigenvalue weighted by molar-refractivity contribution is 0.0815. The van der Waals surface area contributed by atoms with Crippen LogP contribution in [0.1, 0.15) is 48.4 Å². The summed E-state index contributed by atoms with van der Waals surface area (Å²) in [5.41, 5.74) is 0.741. The molecule has 6 heteroatoms. The summed E-state index contributed by atoms with van der Waals surface area (Å²) >= 11 is 5.67. The number of hydrogen-bond acceptors (Lipinski definition) is 4. The van der Waals surface area contributed by atoms with Gasteiger partial charge >= 0.3 is 0 Å². The van der Waals surface area contributed by atoms with Crippen molar-refractivity contribution in [1.29, 1.82) is 0 Å². The summed E-state index contributed by atoms with van der Waals surface area (Å²) in [6.45, 7) is 1.47. The molecule has 0 aliphatic carbocycles. The molecule has 24 heavy (non-hydrogen) atoms. The number of carbonyl (C=O) groups excluding carboxylic acids is 4. The van der Waals surface area contributed by atoms with Gasteiger partial charge in [-0.05, 0) is 50.9 Å². The van der Waals surface area contributed by atoms with E-state index in [1.807, 2.05) is 0 Å². The molecule has 0 saturated carbocycles. The van der Waals surface area contributed by atoms with Gasteiger partial charge in [0.2, 0.25) is 9.39 Å². The molecule has 0 saturated heterocycles. The zero-order valence-electron chi connectivity index (χ0n) is 12.6. The lowest BCUT2D eigenvalue weighted by atomic mass is 9.88. The van der Waals surface area contributed by atoms with Crippen LogP contribution in [-0.4, -0.2) is 21.0 Å². The van der Waals surface area contributed by atoms with Gasteiger partial charge < -0.3 is 0 Å². The van der Waals surface area contributed by atoms with Gasteiger partial charge in [-0.1, -0.05) is 36.4 Å². The molecule has 0 spiro atoms. The van der Waals surface area contributed by atoms with Crippen LogP contribution in [0.25, 0.3) is 0 Å². The van der Waals surface area contributed by atoms with Gasteiger partial charge in [0, 0.05) is 22.3 Å². The Balaban J connectivity index is 2.41. The molecule has 0 radical (unpaired) electrons. The topological polar surface area (TPSA) is 68.3 Å². The highest BCUT2D eigenvalue weighted by Gasteiger charge is 2.28. The zero-order chi connectivity index (χ0) is 17.9. The minimum Gasteiger partial charge on any atom is -0.293 e. The summed E-state index contributed by atoms with van der Waals surface area (Å²) in [6, 6.07) is 12.5. The van der Waals surface area contributed by atoms with Crippen LogP contribution in [-0.2, 0) is 0 Å². The summed E-state index contributed by atoms with van der Waals surface area (Å²) in [5, 5.41) is 0. The fourth-order valence-electron chi connectivity index (χ4n) is 2.32. The molecule has 2 rings (SSSR count). The van der Waals surface area contributed by atoms with Gasteiger partial charge in [-0.2, -0.15) is 0 Å². The van der Waals surface area contributed by atoms with Gasteiger partial charge in [-0.25, -0.2) is 0 Å². The Morgan fingerprint density at radius 3 is 1.25 bits per heavy atom. The number of rotatable bonds is 6. The van der Waals surface area contributed by atoms with E-state index >= 15 is 0 Å². The molecule has 2 aromatic carbocycles. The molecule has 0 atom stereocenters.